The van der Waals surface area contributed by atoms with Crippen LogP contribution < -0.4 is 11.1 Å². The molecule has 0 saturated heterocycles. The summed E-state index contributed by atoms with van der Waals surface area (Å²) < 4.78 is 5.36. The molecular formula is C13H19ClN2O2. The lowest BCUT2D eigenvalue weighted by molar-refractivity contribution is -0.116. The Morgan fingerprint density at radius 2 is 2.22 bits per heavy atom. The number of carbonyl (C=O) groups excluding carboxylic acids is 1. The second-order valence-corrected chi connectivity index (χ2v) is 4.72. The van der Waals surface area contributed by atoms with Crippen LogP contribution in [-0.4, -0.2) is 18.6 Å². The molecule has 1 aromatic rings. The van der Waals surface area contributed by atoms with Gasteiger partial charge in [-0.25, -0.2) is 0 Å². The topological polar surface area (TPSA) is 64.3 Å². The smallest absolute Gasteiger partial charge is 0.224 e. The molecule has 0 saturated carbocycles. The number of anilines is 2. The van der Waals surface area contributed by atoms with Crippen molar-refractivity contribution >= 4 is 28.9 Å². The quantitative estimate of drug-likeness (QED) is 0.617. The summed E-state index contributed by atoms with van der Waals surface area (Å²) in [5, 5.41) is 3.19. The van der Waals surface area contributed by atoms with Gasteiger partial charge in [-0.3, -0.25) is 4.79 Å². The van der Waals surface area contributed by atoms with Crippen LogP contribution in [-0.2, 0) is 9.53 Å². The molecule has 0 fully saturated rings. The zero-order valence-electron chi connectivity index (χ0n) is 10.7. The summed E-state index contributed by atoms with van der Waals surface area (Å²) in [5.41, 5.74) is 6.73. The first-order chi connectivity index (χ1) is 8.49. The van der Waals surface area contributed by atoms with Crippen LogP contribution in [0.1, 0.15) is 26.7 Å². The SMILES string of the molecule is CC(C)OCCCC(=O)Nc1ccc(N)cc1Cl. The van der Waals surface area contributed by atoms with Gasteiger partial charge in [-0.15, -0.1) is 0 Å². The zero-order chi connectivity index (χ0) is 13.5. The van der Waals surface area contributed by atoms with Gasteiger partial charge < -0.3 is 15.8 Å². The molecule has 0 atom stereocenters. The molecule has 0 spiro atoms. The number of nitrogens with one attached hydrogen (secondary N) is 1. The van der Waals surface area contributed by atoms with Crippen LogP contribution in [0.4, 0.5) is 11.4 Å². The van der Waals surface area contributed by atoms with Gasteiger partial charge in [0.15, 0.2) is 0 Å². The molecule has 100 valence electrons. The van der Waals surface area contributed by atoms with Crippen molar-refractivity contribution in [1.29, 1.82) is 0 Å². The van der Waals surface area contributed by atoms with E-state index in [2.05, 4.69) is 5.32 Å². The molecule has 1 aromatic carbocycles. The number of amides is 1. The average Bonchev–Trinajstić information content (AvgIpc) is 2.28. The molecule has 5 heteroatoms. The van der Waals surface area contributed by atoms with Crippen molar-refractivity contribution < 1.29 is 9.53 Å². The van der Waals surface area contributed by atoms with Gasteiger partial charge in [-0.1, -0.05) is 11.6 Å². The fourth-order valence-electron chi connectivity index (χ4n) is 1.40. The lowest BCUT2D eigenvalue weighted by atomic mass is 10.2. The minimum absolute atomic E-state index is 0.0750. The Morgan fingerprint density at radius 3 is 2.83 bits per heavy atom. The lowest BCUT2D eigenvalue weighted by Gasteiger charge is -2.09. The largest absolute Gasteiger partial charge is 0.399 e. The average molecular weight is 271 g/mol. The minimum atomic E-state index is -0.0750. The first-order valence-electron chi connectivity index (χ1n) is 5.95. The van der Waals surface area contributed by atoms with E-state index in [1.54, 1.807) is 18.2 Å². The van der Waals surface area contributed by atoms with Gasteiger partial charge in [-0.2, -0.15) is 0 Å². The summed E-state index contributed by atoms with van der Waals surface area (Å²) >= 11 is 5.96. The molecular weight excluding hydrogens is 252 g/mol. The minimum Gasteiger partial charge on any atom is -0.399 e. The van der Waals surface area contributed by atoms with Crippen LogP contribution in [0.2, 0.25) is 5.02 Å². The molecule has 0 aromatic heterocycles. The number of benzene rings is 1. The molecule has 0 unspecified atom stereocenters. The number of nitrogen functional groups attached to an aromatic ring is 1. The molecule has 0 aliphatic rings. The Bertz CT molecular complexity index is 408. The summed E-state index contributed by atoms with van der Waals surface area (Å²) in [4.78, 5) is 11.6. The molecule has 1 rings (SSSR count). The fourth-order valence-corrected chi connectivity index (χ4v) is 1.63. The first-order valence-corrected chi connectivity index (χ1v) is 6.33. The molecule has 0 aliphatic heterocycles. The van der Waals surface area contributed by atoms with Crippen LogP contribution in [0.3, 0.4) is 0 Å². The highest BCUT2D eigenvalue weighted by Crippen LogP contribution is 2.24. The predicted octanol–water partition coefficient (Wildman–Crippen LogP) is 3.07. The molecule has 0 radical (unpaired) electrons. The highest BCUT2D eigenvalue weighted by Gasteiger charge is 2.06. The van der Waals surface area contributed by atoms with Gasteiger partial charge in [0.25, 0.3) is 0 Å². The first kappa shape index (κ1) is 14.8. The van der Waals surface area contributed by atoms with Gasteiger partial charge in [0.2, 0.25) is 5.91 Å². The van der Waals surface area contributed by atoms with Gasteiger partial charge in [0.1, 0.15) is 0 Å². The number of carbonyl (C=O) groups is 1. The van der Waals surface area contributed by atoms with E-state index in [-0.39, 0.29) is 12.0 Å². The number of rotatable bonds is 6. The van der Waals surface area contributed by atoms with Crippen molar-refractivity contribution in [2.45, 2.75) is 32.8 Å². The second kappa shape index (κ2) is 7.24. The highest BCUT2D eigenvalue weighted by molar-refractivity contribution is 6.34. The van der Waals surface area contributed by atoms with Crippen molar-refractivity contribution in [2.75, 3.05) is 17.7 Å². The summed E-state index contributed by atoms with van der Waals surface area (Å²) in [5.74, 6) is -0.0750. The summed E-state index contributed by atoms with van der Waals surface area (Å²) in [6, 6.07) is 5.00. The van der Waals surface area contributed by atoms with Crippen LogP contribution in [0.25, 0.3) is 0 Å². The van der Waals surface area contributed by atoms with Crippen LogP contribution in [0.15, 0.2) is 18.2 Å². The van der Waals surface area contributed by atoms with Gasteiger partial charge >= 0.3 is 0 Å². The van der Waals surface area contributed by atoms with Crippen molar-refractivity contribution in [1.82, 2.24) is 0 Å². The molecule has 0 bridgehead atoms. The van der Waals surface area contributed by atoms with E-state index in [9.17, 15) is 4.79 Å². The second-order valence-electron chi connectivity index (χ2n) is 4.31. The Balaban J connectivity index is 2.35. The molecule has 1 amide bonds. The maximum Gasteiger partial charge on any atom is 0.224 e. The Kier molecular flexibility index (Phi) is 5.95. The van der Waals surface area contributed by atoms with Crippen molar-refractivity contribution in [3.63, 3.8) is 0 Å². The van der Waals surface area contributed by atoms with Crippen molar-refractivity contribution in [3.8, 4) is 0 Å². The zero-order valence-corrected chi connectivity index (χ0v) is 11.5. The molecule has 0 heterocycles. The van der Waals surface area contributed by atoms with Crippen molar-refractivity contribution in [3.05, 3.63) is 23.2 Å². The summed E-state index contributed by atoms with van der Waals surface area (Å²) in [7, 11) is 0. The van der Waals surface area contributed by atoms with E-state index < -0.39 is 0 Å². The highest BCUT2D eigenvalue weighted by atomic mass is 35.5. The number of nitrogens with two attached hydrogens (primary N) is 1. The molecule has 18 heavy (non-hydrogen) atoms. The maximum absolute atomic E-state index is 11.6. The molecule has 4 nitrogen and oxygen atoms in total. The van der Waals surface area contributed by atoms with Crippen LogP contribution in [0.5, 0.6) is 0 Å². The van der Waals surface area contributed by atoms with E-state index in [0.717, 1.165) is 0 Å². The normalized spacial score (nSPS) is 10.7. The van der Waals surface area contributed by atoms with E-state index in [0.29, 0.717) is 35.8 Å². The predicted molar refractivity (Wildman–Crippen MR) is 74.8 cm³/mol. The van der Waals surface area contributed by atoms with Crippen molar-refractivity contribution in [2.24, 2.45) is 0 Å². The molecule has 3 N–H and O–H groups in total. The summed E-state index contributed by atoms with van der Waals surface area (Å²) in [6.45, 7) is 4.52. The van der Waals surface area contributed by atoms with Gasteiger partial charge in [-0.05, 0) is 38.5 Å². The molecule has 0 aliphatic carbocycles. The maximum atomic E-state index is 11.6. The Hall–Kier alpha value is -1.26. The van der Waals surface area contributed by atoms with E-state index in [1.165, 1.54) is 0 Å². The number of ether oxygens (including phenoxy) is 1. The van der Waals surface area contributed by atoms with Gasteiger partial charge in [0.05, 0.1) is 16.8 Å². The van der Waals surface area contributed by atoms with Crippen LogP contribution in [0, 0.1) is 0 Å². The third-order valence-corrected chi connectivity index (χ3v) is 2.58. The number of halogens is 1. The number of hydrogen-bond acceptors (Lipinski definition) is 3. The Morgan fingerprint density at radius 1 is 1.50 bits per heavy atom. The third kappa shape index (κ3) is 5.38. The van der Waals surface area contributed by atoms with Gasteiger partial charge in [0, 0.05) is 18.7 Å². The van der Waals surface area contributed by atoms with E-state index >= 15 is 0 Å². The Labute approximate surface area is 112 Å². The van der Waals surface area contributed by atoms with E-state index in [4.69, 9.17) is 22.1 Å². The number of hydrogen-bond donors (Lipinski definition) is 2. The van der Waals surface area contributed by atoms with Crippen LogP contribution >= 0.6 is 11.6 Å². The monoisotopic (exact) mass is 270 g/mol. The summed E-state index contributed by atoms with van der Waals surface area (Å²) in [6.07, 6.45) is 1.30. The third-order valence-electron chi connectivity index (χ3n) is 2.27. The lowest BCUT2D eigenvalue weighted by Crippen LogP contribution is -2.13. The fraction of sp³-hybridized carbons (Fsp3) is 0.462. The standard InChI is InChI=1S/C13H19ClN2O2/c1-9(2)18-7-3-4-13(17)16-12-6-5-10(15)8-11(12)14/h5-6,8-9H,3-4,7,15H2,1-2H3,(H,16,17). The van der Waals surface area contributed by atoms with E-state index in [1.807, 2.05) is 13.8 Å².